The molecule has 30 heavy (non-hydrogen) atoms. The largest absolute Gasteiger partial charge is 0.495 e. The van der Waals surface area contributed by atoms with Crippen LogP contribution in [0.5, 0.6) is 5.75 Å². The Morgan fingerprint density at radius 2 is 2.00 bits per heavy atom. The summed E-state index contributed by atoms with van der Waals surface area (Å²) >= 11 is 0. The summed E-state index contributed by atoms with van der Waals surface area (Å²) in [4.78, 5) is 8.95. The zero-order valence-electron chi connectivity index (χ0n) is 18.6. The summed E-state index contributed by atoms with van der Waals surface area (Å²) in [6.07, 6.45) is 1.06. The number of aryl methyl sites for hydroxylation is 1. The fraction of sp³-hybridized carbons (Fsp3) is 0.435. The van der Waals surface area contributed by atoms with Crippen LogP contribution in [0.4, 0.5) is 11.4 Å². The van der Waals surface area contributed by atoms with E-state index in [1.165, 1.54) is 16.8 Å². The van der Waals surface area contributed by atoms with Crippen molar-refractivity contribution < 1.29 is 4.74 Å². The van der Waals surface area contributed by atoms with Gasteiger partial charge in [-0.1, -0.05) is 24.3 Å². The van der Waals surface area contributed by atoms with Crippen LogP contribution in [0, 0.1) is 6.92 Å². The number of benzene rings is 2. The lowest BCUT2D eigenvalue weighted by atomic mass is 10.1. The number of nitrogens with zero attached hydrogens (tertiary/aromatic N) is 3. The third-order valence-corrected chi connectivity index (χ3v) is 5.35. The second-order valence-electron chi connectivity index (χ2n) is 7.70. The van der Waals surface area contributed by atoms with E-state index in [2.05, 4.69) is 76.8 Å². The van der Waals surface area contributed by atoms with Gasteiger partial charge >= 0.3 is 0 Å². The maximum Gasteiger partial charge on any atom is 0.191 e. The van der Waals surface area contributed by atoms with Gasteiger partial charge in [-0.3, -0.25) is 4.99 Å². The molecule has 1 atom stereocenters. The molecule has 0 spiro atoms. The molecule has 1 heterocycles. The number of hydrogen-bond acceptors (Lipinski definition) is 4. The number of guanidine groups is 1. The topological polar surface area (TPSA) is 52.1 Å². The Morgan fingerprint density at radius 3 is 2.70 bits per heavy atom. The number of para-hydroxylation sites is 2. The highest BCUT2D eigenvalue weighted by atomic mass is 127. The molecule has 1 aliphatic rings. The smallest absolute Gasteiger partial charge is 0.191 e. The van der Waals surface area contributed by atoms with Gasteiger partial charge in [0, 0.05) is 52.5 Å². The number of nitrogens with one attached hydrogen (secondary N) is 2. The van der Waals surface area contributed by atoms with E-state index in [1.807, 2.05) is 19.2 Å². The molecule has 2 aromatic rings. The van der Waals surface area contributed by atoms with Gasteiger partial charge < -0.3 is 25.2 Å². The lowest BCUT2D eigenvalue weighted by Gasteiger charge is -2.23. The van der Waals surface area contributed by atoms with Gasteiger partial charge in [-0.25, -0.2) is 0 Å². The van der Waals surface area contributed by atoms with Crippen molar-refractivity contribution in [2.24, 2.45) is 4.99 Å². The molecule has 7 heteroatoms. The summed E-state index contributed by atoms with van der Waals surface area (Å²) < 4.78 is 5.52. The van der Waals surface area contributed by atoms with Crippen molar-refractivity contribution in [3.05, 3.63) is 53.6 Å². The summed E-state index contributed by atoms with van der Waals surface area (Å²) in [6.45, 7) is 4.78. The van der Waals surface area contributed by atoms with Crippen LogP contribution in [0.2, 0.25) is 0 Å². The van der Waals surface area contributed by atoms with Crippen LogP contribution < -0.4 is 25.2 Å². The first kappa shape index (κ1) is 24.1. The molecule has 0 bridgehead atoms. The van der Waals surface area contributed by atoms with Crippen molar-refractivity contribution in [3.8, 4) is 5.75 Å². The van der Waals surface area contributed by atoms with Crippen LogP contribution >= 0.6 is 24.0 Å². The zero-order valence-corrected chi connectivity index (χ0v) is 20.9. The van der Waals surface area contributed by atoms with Crippen LogP contribution in [-0.2, 0) is 6.54 Å². The molecular weight excluding hydrogens is 489 g/mol. The molecule has 1 unspecified atom stereocenters. The second kappa shape index (κ2) is 11.3. The number of aliphatic imine (C=N–C) groups is 1. The predicted octanol–water partition coefficient (Wildman–Crippen LogP) is 3.63. The normalized spacial score (nSPS) is 16.1. The molecule has 0 radical (unpaired) electrons. The van der Waals surface area contributed by atoms with Gasteiger partial charge in [0.1, 0.15) is 5.75 Å². The number of methoxy groups -OCH3 is 1. The average molecular weight is 523 g/mol. The van der Waals surface area contributed by atoms with E-state index in [9.17, 15) is 0 Å². The van der Waals surface area contributed by atoms with Gasteiger partial charge in [-0.2, -0.15) is 0 Å². The van der Waals surface area contributed by atoms with Crippen molar-refractivity contribution in [2.75, 3.05) is 51.1 Å². The highest BCUT2D eigenvalue weighted by Crippen LogP contribution is 2.30. The molecule has 3 rings (SSSR count). The Morgan fingerprint density at radius 1 is 1.23 bits per heavy atom. The molecule has 0 amide bonds. The van der Waals surface area contributed by atoms with Crippen molar-refractivity contribution in [2.45, 2.75) is 25.9 Å². The summed E-state index contributed by atoms with van der Waals surface area (Å²) in [5.41, 5.74) is 4.90. The molecule has 164 valence electrons. The van der Waals surface area contributed by atoms with Gasteiger partial charge in [0.05, 0.1) is 12.8 Å². The Labute approximate surface area is 197 Å². The van der Waals surface area contributed by atoms with Crippen molar-refractivity contribution in [1.29, 1.82) is 0 Å². The first-order valence-electron chi connectivity index (χ1n) is 10.1. The summed E-state index contributed by atoms with van der Waals surface area (Å²) in [7, 11) is 7.71. The van der Waals surface area contributed by atoms with Crippen molar-refractivity contribution >= 4 is 41.3 Å². The lowest BCUT2D eigenvalue weighted by Crippen LogP contribution is -2.44. The van der Waals surface area contributed by atoms with Crippen molar-refractivity contribution in [3.63, 3.8) is 0 Å². The van der Waals surface area contributed by atoms with E-state index in [0.29, 0.717) is 6.04 Å². The number of rotatable bonds is 6. The summed E-state index contributed by atoms with van der Waals surface area (Å²) in [5, 5.41) is 7.05. The molecule has 0 aromatic heterocycles. The first-order valence-corrected chi connectivity index (χ1v) is 10.1. The van der Waals surface area contributed by atoms with Crippen LogP contribution in [0.15, 0.2) is 47.5 Å². The Hall–Kier alpha value is -2.16. The molecule has 6 nitrogen and oxygen atoms in total. The number of anilines is 2. The average Bonchev–Trinajstić information content (AvgIpc) is 3.19. The standard InChI is InChI=1S/C23H33N5O.HI/c1-17-10-11-18(21(14-17)27(3)4)15-25-23(24-2)26-19-12-13-28(16-19)20-8-6-7-9-22(20)29-5;/h6-11,14,19H,12-13,15-16H2,1-5H3,(H2,24,25,26);1H. The molecule has 2 aromatic carbocycles. The minimum Gasteiger partial charge on any atom is -0.495 e. The molecule has 1 saturated heterocycles. The molecular formula is C23H34IN5O. The third-order valence-electron chi connectivity index (χ3n) is 5.35. The maximum absolute atomic E-state index is 5.52. The number of hydrogen-bond donors (Lipinski definition) is 2. The minimum absolute atomic E-state index is 0. The fourth-order valence-electron chi connectivity index (χ4n) is 3.79. The highest BCUT2D eigenvalue weighted by Gasteiger charge is 2.25. The Bertz CT molecular complexity index is 855. The third kappa shape index (κ3) is 5.93. The van der Waals surface area contributed by atoms with Crippen LogP contribution in [0.3, 0.4) is 0 Å². The van der Waals surface area contributed by atoms with E-state index < -0.39 is 0 Å². The van der Waals surface area contributed by atoms with Crippen LogP contribution in [0.25, 0.3) is 0 Å². The van der Waals surface area contributed by atoms with Crippen LogP contribution in [-0.4, -0.2) is 53.3 Å². The molecule has 1 aliphatic heterocycles. The van der Waals surface area contributed by atoms with Crippen LogP contribution in [0.1, 0.15) is 17.5 Å². The van der Waals surface area contributed by atoms with Gasteiger partial charge in [-0.15, -0.1) is 24.0 Å². The summed E-state index contributed by atoms with van der Waals surface area (Å²) in [6, 6.07) is 15.1. The minimum atomic E-state index is 0. The first-order chi connectivity index (χ1) is 14.0. The quantitative estimate of drug-likeness (QED) is 0.344. The van der Waals surface area contributed by atoms with E-state index in [1.54, 1.807) is 7.11 Å². The molecule has 2 N–H and O–H groups in total. The van der Waals surface area contributed by atoms with E-state index in [0.717, 1.165) is 43.5 Å². The van der Waals surface area contributed by atoms with Gasteiger partial charge in [0.25, 0.3) is 0 Å². The maximum atomic E-state index is 5.52. The highest BCUT2D eigenvalue weighted by molar-refractivity contribution is 14.0. The van der Waals surface area contributed by atoms with Crippen molar-refractivity contribution in [1.82, 2.24) is 10.6 Å². The van der Waals surface area contributed by atoms with E-state index in [4.69, 9.17) is 4.74 Å². The SMILES string of the molecule is CN=C(NCc1ccc(C)cc1N(C)C)NC1CCN(c2ccccc2OC)C1.I. The molecule has 0 saturated carbocycles. The van der Waals surface area contributed by atoms with Gasteiger partial charge in [-0.05, 0) is 42.7 Å². The Kier molecular flexibility index (Phi) is 9.08. The monoisotopic (exact) mass is 523 g/mol. The predicted molar refractivity (Wildman–Crippen MR) is 138 cm³/mol. The van der Waals surface area contributed by atoms with E-state index >= 15 is 0 Å². The lowest BCUT2D eigenvalue weighted by molar-refractivity contribution is 0.415. The second-order valence-corrected chi connectivity index (χ2v) is 7.70. The fourth-order valence-corrected chi connectivity index (χ4v) is 3.79. The zero-order chi connectivity index (χ0) is 20.8. The van der Waals surface area contributed by atoms with Gasteiger partial charge in [0.15, 0.2) is 5.96 Å². The van der Waals surface area contributed by atoms with Gasteiger partial charge in [0.2, 0.25) is 0 Å². The summed E-state index contributed by atoms with van der Waals surface area (Å²) in [5.74, 6) is 1.76. The number of ether oxygens (including phenoxy) is 1. The molecule has 1 fully saturated rings. The number of halogens is 1. The molecule has 0 aliphatic carbocycles. The van der Waals surface area contributed by atoms with E-state index in [-0.39, 0.29) is 24.0 Å². The Balaban J connectivity index is 0.00000320.